The molecular formula is C18H26ClNO5. The largest absolute Gasteiger partial charge is 0.492 e. The highest BCUT2D eigenvalue weighted by atomic mass is 35.5. The van der Waals surface area contributed by atoms with Gasteiger partial charge in [-0.1, -0.05) is 17.7 Å². The maximum atomic E-state index is 11.1. The van der Waals surface area contributed by atoms with Gasteiger partial charge in [-0.2, -0.15) is 0 Å². The van der Waals surface area contributed by atoms with E-state index >= 15 is 0 Å². The van der Waals surface area contributed by atoms with Gasteiger partial charge in [-0.15, -0.1) is 0 Å². The zero-order valence-corrected chi connectivity index (χ0v) is 15.3. The van der Waals surface area contributed by atoms with Crippen LogP contribution >= 0.6 is 11.6 Å². The van der Waals surface area contributed by atoms with Crippen molar-refractivity contribution in [3.63, 3.8) is 0 Å². The minimum Gasteiger partial charge on any atom is -0.492 e. The Kier molecular flexibility index (Phi) is 8.48. The Balaban J connectivity index is 1.74. The molecule has 7 heteroatoms. The maximum absolute atomic E-state index is 11.1. The van der Waals surface area contributed by atoms with Crippen molar-refractivity contribution < 1.29 is 23.7 Å². The number of cyclic esters (lactones) is 1. The van der Waals surface area contributed by atoms with Crippen LogP contribution in [0.5, 0.6) is 5.75 Å². The molecule has 1 heterocycles. The van der Waals surface area contributed by atoms with Crippen molar-refractivity contribution >= 4 is 17.6 Å². The van der Waals surface area contributed by atoms with Gasteiger partial charge in [-0.3, -0.25) is 4.79 Å². The van der Waals surface area contributed by atoms with Crippen molar-refractivity contribution in [2.45, 2.75) is 44.9 Å². The molecule has 1 aliphatic rings. The summed E-state index contributed by atoms with van der Waals surface area (Å²) in [6.45, 7) is 4.59. The molecule has 0 aliphatic carbocycles. The molecule has 0 saturated carbocycles. The highest BCUT2D eigenvalue weighted by Gasteiger charge is 2.28. The Morgan fingerprint density at radius 2 is 2.20 bits per heavy atom. The molecule has 1 saturated heterocycles. The van der Waals surface area contributed by atoms with E-state index in [1.807, 2.05) is 19.1 Å². The van der Waals surface area contributed by atoms with E-state index in [9.17, 15) is 4.79 Å². The molecule has 0 amide bonds. The average molecular weight is 372 g/mol. The zero-order chi connectivity index (χ0) is 18.1. The monoisotopic (exact) mass is 371 g/mol. The van der Waals surface area contributed by atoms with Crippen molar-refractivity contribution in [1.82, 2.24) is 0 Å². The van der Waals surface area contributed by atoms with Crippen molar-refractivity contribution in [3.8, 4) is 5.75 Å². The molecule has 25 heavy (non-hydrogen) atoms. The summed E-state index contributed by atoms with van der Waals surface area (Å²) < 4.78 is 21.8. The molecule has 2 atom stereocenters. The van der Waals surface area contributed by atoms with Crippen molar-refractivity contribution in [3.05, 3.63) is 28.8 Å². The van der Waals surface area contributed by atoms with Crippen LogP contribution in [0.1, 0.15) is 31.7 Å². The van der Waals surface area contributed by atoms with Crippen LogP contribution in [0.2, 0.25) is 5.02 Å². The molecule has 140 valence electrons. The van der Waals surface area contributed by atoms with Gasteiger partial charge in [0.05, 0.1) is 30.9 Å². The van der Waals surface area contributed by atoms with E-state index in [1.54, 1.807) is 6.07 Å². The van der Waals surface area contributed by atoms with E-state index < -0.39 is 0 Å². The van der Waals surface area contributed by atoms with Gasteiger partial charge >= 0.3 is 5.97 Å². The summed E-state index contributed by atoms with van der Waals surface area (Å²) in [4.78, 5) is 11.1. The molecule has 1 aliphatic heterocycles. The summed E-state index contributed by atoms with van der Waals surface area (Å²) in [5.41, 5.74) is 6.95. The highest BCUT2D eigenvalue weighted by Crippen LogP contribution is 2.26. The molecule has 0 bridgehead atoms. The highest BCUT2D eigenvalue weighted by molar-refractivity contribution is 6.32. The van der Waals surface area contributed by atoms with Crippen molar-refractivity contribution in [2.75, 3.05) is 26.4 Å². The fourth-order valence-electron chi connectivity index (χ4n) is 2.50. The predicted molar refractivity (Wildman–Crippen MR) is 94.8 cm³/mol. The first-order valence-corrected chi connectivity index (χ1v) is 8.99. The van der Waals surface area contributed by atoms with Crippen LogP contribution in [0.4, 0.5) is 0 Å². The fraction of sp³-hybridized carbons (Fsp3) is 0.611. The summed E-state index contributed by atoms with van der Waals surface area (Å²) in [6, 6.07) is 5.23. The smallest absolute Gasteiger partial charge is 0.306 e. The van der Waals surface area contributed by atoms with E-state index in [2.05, 4.69) is 0 Å². The van der Waals surface area contributed by atoms with E-state index in [-0.39, 0.29) is 18.1 Å². The number of hydrogen-bond acceptors (Lipinski definition) is 6. The molecular weight excluding hydrogens is 346 g/mol. The van der Waals surface area contributed by atoms with Gasteiger partial charge in [0.25, 0.3) is 0 Å². The van der Waals surface area contributed by atoms with Crippen LogP contribution in [0, 0.1) is 0 Å². The first-order valence-electron chi connectivity index (χ1n) is 8.62. The van der Waals surface area contributed by atoms with E-state index in [0.717, 1.165) is 12.0 Å². The molecule has 1 aromatic rings. The zero-order valence-electron chi connectivity index (χ0n) is 14.5. The first kappa shape index (κ1) is 20.0. The van der Waals surface area contributed by atoms with Crippen LogP contribution in [0.25, 0.3) is 0 Å². The lowest BCUT2D eigenvalue weighted by atomic mass is 10.1. The van der Waals surface area contributed by atoms with Crippen molar-refractivity contribution in [1.29, 1.82) is 0 Å². The summed E-state index contributed by atoms with van der Waals surface area (Å²) in [5.74, 6) is 0.442. The van der Waals surface area contributed by atoms with Gasteiger partial charge in [0.2, 0.25) is 0 Å². The van der Waals surface area contributed by atoms with E-state index in [0.29, 0.717) is 56.6 Å². The number of esters is 1. The molecule has 2 unspecified atom stereocenters. The first-order chi connectivity index (χ1) is 12.1. The molecule has 1 aromatic carbocycles. The molecule has 0 spiro atoms. The van der Waals surface area contributed by atoms with Crippen molar-refractivity contribution in [2.24, 2.45) is 5.73 Å². The number of halogens is 1. The Morgan fingerprint density at radius 1 is 1.36 bits per heavy atom. The Labute approximate surface area is 153 Å². The second-order valence-corrected chi connectivity index (χ2v) is 6.32. The number of hydrogen-bond donors (Lipinski definition) is 1. The third kappa shape index (κ3) is 6.82. The van der Waals surface area contributed by atoms with E-state index in [4.69, 9.17) is 36.3 Å². The third-order valence-corrected chi connectivity index (χ3v) is 4.17. The van der Waals surface area contributed by atoms with Gasteiger partial charge in [-0.25, -0.2) is 0 Å². The lowest BCUT2D eigenvalue weighted by Gasteiger charge is -2.18. The summed E-state index contributed by atoms with van der Waals surface area (Å²) in [7, 11) is 0. The summed E-state index contributed by atoms with van der Waals surface area (Å²) in [6.07, 6.45) is 1.64. The van der Waals surface area contributed by atoms with Crippen LogP contribution in [-0.4, -0.2) is 44.5 Å². The Bertz CT molecular complexity index is 554. The molecule has 0 aromatic heterocycles. The van der Waals surface area contributed by atoms with Gasteiger partial charge < -0.3 is 24.7 Å². The lowest BCUT2D eigenvalue weighted by molar-refractivity contribution is -0.142. The molecule has 2 rings (SSSR count). The summed E-state index contributed by atoms with van der Waals surface area (Å²) in [5, 5.41) is 0.565. The third-order valence-electron chi connectivity index (χ3n) is 3.86. The molecule has 6 nitrogen and oxygen atoms in total. The number of nitrogens with two attached hydrogens (primary N) is 1. The number of benzene rings is 1. The maximum Gasteiger partial charge on any atom is 0.306 e. The standard InChI is InChI=1S/C18H26ClNO5/c1-2-22-8-3-9-24-17-10-13(4-5-14(17)19)11-23-12-15(20)16-6-7-18(21)25-16/h4-5,10,15-16H,2-3,6-9,11-12,20H2,1H3. The fourth-order valence-corrected chi connectivity index (χ4v) is 2.68. The predicted octanol–water partition coefficient (Wildman–Crippen LogP) is 2.69. The minimum absolute atomic E-state index is 0.190. The number of rotatable bonds is 11. The molecule has 2 N–H and O–H groups in total. The normalized spacial score (nSPS) is 18.2. The Hall–Kier alpha value is -1.34. The van der Waals surface area contributed by atoms with Crippen LogP contribution in [0.15, 0.2) is 18.2 Å². The number of carbonyl (C=O) groups is 1. The van der Waals surface area contributed by atoms with Gasteiger partial charge in [0.15, 0.2) is 0 Å². The number of ether oxygens (including phenoxy) is 4. The Morgan fingerprint density at radius 3 is 2.92 bits per heavy atom. The van der Waals surface area contributed by atoms with Crippen LogP contribution in [0.3, 0.4) is 0 Å². The quantitative estimate of drug-likeness (QED) is 0.476. The van der Waals surface area contributed by atoms with Gasteiger partial charge in [0.1, 0.15) is 11.9 Å². The molecule has 1 fully saturated rings. The SMILES string of the molecule is CCOCCCOc1cc(COCC(N)C2CCC(=O)O2)ccc1Cl. The minimum atomic E-state index is -0.312. The van der Waals surface area contributed by atoms with E-state index in [1.165, 1.54) is 0 Å². The topological polar surface area (TPSA) is 80.0 Å². The van der Waals surface area contributed by atoms with Gasteiger partial charge in [0, 0.05) is 26.1 Å². The molecule has 0 radical (unpaired) electrons. The van der Waals surface area contributed by atoms with Crippen LogP contribution < -0.4 is 10.5 Å². The second kappa shape index (κ2) is 10.6. The lowest BCUT2D eigenvalue weighted by Crippen LogP contribution is -2.38. The van der Waals surface area contributed by atoms with Gasteiger partial charge in [-0.05, 0) is 31.0 Å². The summed E-state index contributed by atoms with van der Waals surface area (Å²) >= 11 is 6.16. The second-order valence-electron chi connectivity index (χ2n) is 5.91. The van der Waals surface area contributed by atoms with Crippen LogP contribution in [-0.2, 0) is 25.6 Å². The average Bonchev–Trinajstić information content (AvgIpc) is 3.03. The number of carbonyl (C=O) groups excluding carboxylic acids is 1.